The van der Waals surface area contributed by atoms with Gasteiger partial charge in [-0.25, -0.2) is 0 Å². The van der Waals surface area contributed by atoms with Crippen LogP contribution in [0.4, 0.5) is 24.5 Å². The van der Waals surface area contributed by atoms with Crippen LogP contribution in [0.25, 0.3) is 0 Å². The van der Waals surface area contributed by atoms with E-state index in [0.29, 0.717) is 30.4 Å². The van der Waals surface area contributed by atoms with Crippen LogP contribution in [0.5, 0.6) is 0 Å². The van der Waals surface area contributed by atoms with Gasteiger partial charge in [-0.05, 0) is 51.1 Å². The number of carbonyl (C=O) groups excluding carboxylic acids is 1. The summed E-state index contributed by atoms with van der Waals surface area (Å²) < 4.78 is 40.3. The van der Waals surface area contributed by atoms with Crippen molar-refractivity contribution in [2.75, 3.05) is 36.4 Å². The van der Waals surface area contributed by atoms with Crippen LogP contribution < -0.4 is 10.2 Å². The normalized spacial score (nSPS) is 15.6. The van der Waals surface area contributed by atoms with E-state index in [4.69, 9.17) is 0 Å². The molecule has 1 amide bonds. The molecular formula is C21H25F3N4O. The molecule has 0 unspecified atom stereocenters. The molecule has 1 aromatic heterocycles. The van der Waals surface area contributed by atoms with Crippen LogP contribution in [0.15, 0.2) is 36.5 Å². The van der Waals surface area contributed by atoms with Gasteiger partial charge in [-0.2, -0.15) is 13.2 Å². The number of amides is 1. The summed E-state index contributed by atoms with van der Waals surface area (Å²) in [6, 6.07) is 7.39. The smallest absolute Gasteiger partial charge is 0.369 e. The van der Waals surface area contributed by atoms with Gasteiger partial charge in [-0.3, -0.25) is 14.7 Å². The van der Waals surface area contributed by atoms with Crippen molar-refractivity contribution in [1.82, 2.24) is 9.88 Å². The minimum Gasteiger partial charge on any atom is -0.369 e. The number of nitrogens with one attached hydrogen (secondary N) is 1. The number of carbonyl (C=O) groups is 1. The summed E-state index contributed by atoms with van der Waals surface area (Å²) in [5.41, 5.74) is 0.842. The fourth-order valence-corrected chi connectivity index (χ4v) is 3.33. The van der Waals surface area contributed by atoms with Crippen LogP contribution in [0.1, 0.15) is 35.5 Å². The van der Waals surface area contributed by atoms with Gasteiger partial charge < -0.3 is 10.2 Å². The van der Waals surface area contributed by atoms with E-state index in [0.717, 1.165) is 30.9 Å². The molecule has 3 rings (SSSR count). The second-order valence-corrected chi connectivity index (χ2v) is 7.53. The predicted molar refractivity (Wildman–Crippen MR) is 107 cm³/mol. The van der Waals surface area contributed by atoms with Gasteiger partial charge in [0, 0.05) is 55.5 Å². The molecule has 1 aliphatic heterocycles. The lowest BCUT2D eigenvalue weighted by Gasteiger charge is -2.38. The van der Waals surface area contributed by atoms with E-state index < -0.39 is 17.6 Å². The van der Waals surface area contributed by atoms with E-state index in [1.54, 1.807) is 25.1 Å². The van der Waals surface area contributed by atoms with Crippen molar-refractivity contribution in [3.63, 3.8) is 0 Å². The molecule has 0 saturated carbocycles. The molecule has 0 atom stereocenters. The van der Waals surface area contributed by atoms with Crippen LogP contribution in [0.3, 0.4) is 0 Å². The van der Waals surface area contributed by atoms with E-state index >= 15 is 0 Å². The van der Waals surface area contributed by atoms with Crippen molar-refractivity contribution in [2.45, 2.75) is 33.0 Å². The molecule has 8 heteroatoms. The quantitative estimate of drug-likeness (QED) is 0.827. The van der Waals surface area contributed by atoms with Gasteiger partial charge in [0.15, 0.2) is 0 Å². The Hall–Kier alpha value is -2.61. The van der Waals surface area contributed by atoms with Gasteiger partial charge in [0.1, 0.15) is 0 Å². The Bertz CT molecular complexity index is 857. The number of halogens is 3. The van der Waals surface area contributed by atoms with E-state index in [1.165, 1.54) is 6.20 Å². The number of hydrogen-bond acceptors (Lipinski definition) is 4. The van der Waals surface area contributed by atoms with Crippen LogP contribution in [0.2, 0.25) is 0 Å². The SMILES string of the molecule is Cc1ccc(C(=O)Nc2cc(N3CCN(C(C)C)CC3)cc(C(F)(F)F)c2)cn1. The minimum absolute atomic E-state index is 0.117. The van der Waals surface area contributed by atoms with Crippen LogP contribution in [-0.2, 0) is 6.18 Å². The highest BCUT2D eigenvalue weighted by atomic mass is 19.4. The third-order valence-corrected chi connectivity index (χ3v) is 5.09. The molecule has 1 aliphatic rings. The Balaban J connectivity index is 1.84. The van der Waals surface area contributed by atoms with Crippen molar-refractivity contribution < 1.29 is 18.0 Å². The largest absolute Gasteiger partial charge is 0.416 e. The second kappa shape index (κ2) is 8.41. The summed E-state index contributed by atoms with van der Waals surface area (Å²) in [6.07, 6.45) is -3.09. The number of hydrogen-bond donors (Lipinski definition) is 1. The summed E-state index contributed by atoms with van der Waals surface area (Å²) in [7, 11) is 0. The van der Waals surface area contributed by atoms with E-state index in [1.807, 2.05) is 4.90 Å². The van der Waals surface area contributed by atoms with Gasteiger partial charge in [-0.1, -0.05) is 0 Å². The predicted octanol–water partition coefficient (Wildman–Crippen LogP) is 4.19. The standard InChI is InChI=1S/C21H25F3N4O/c1-14(2)27-6-8-28(9-7-27)19-11-17(21(22,23)24)10-18(12-19)26-20(29)16-5-4-15(3)25-13-16/h4-5,10-14H,6-9H2,1-3H3,(H,26,29). The molecule has 29 heavy (non-hydrogen) atoms. The van der Waals surface area contributed by atoms with Crippen molar-refractivity contribution in [2.24, 2.45) is 0 Å². The van der Waals surface area contributed by atoms with Crippen molar-refractivity contribution in [1.29, 1.82) is 0 Å². The molecule has 0 aliphatic carbocycles. The van der Waals surface area contributed by atoms with Gasteiger partial charge in [-0.15, -0.1) is 0 Å². The number of pyridine rings is 1. The first-order valence-electron chi connectivity index (χ1n) is 9.59. The van der Waals surface area contributed by atoms with Crippen molar-refractivity contribution in [3.05, 3.63) is 53.3 Å². The molecular weight excluding hydrogens is 381 g/mol. The Morgan fingerprint density at radius 2 is 1.79 bits per heavy atom. The summed E-state index contributed by atoms with van der Waals surface area (Å²) >= 11 is 0. The van der Waals surface area contributed by atoms with E-state index in [9.17, 15) is 18.0 Å². The molecule has 2 aromatic rings. The number of piperazine rings is 1. The zero-order valence-corrected chi connectivity index (χ0v) is 16.8. The lowest BCUT2D eigenvalue weighted by atomic mass is 10.1. The molecule has 156 valence electrons. The van der Waals surface area contributed by atoms with E-state index in [2.05, 4.69) is 29.0 Å². The number of rotatable bonds is 4. The van der Waals surface area contributed by atoms with Gasteiger partial charge in [0.25, 0.3) is 5.91 Å². The number of alkyl halides is 3. The number of nitrogens with zero attached hydrogens (tertiary/aromatic N) is 3. The maximum Gasteiger partial charge on any atom is 0.416 e. The topological polar surface area (TPSA) is 48.5 Å². The Morgan fingerprint density at radius 3 is 2.34 bits per heavy atom. The molecule has 1 fully saturated rings. The summed E-state index contributed by atoms with van der Waals surface area (Å²) in [5, 5.41) is 2.58. The van der Waals surface area contributed by atoms with E-state index in [-0.39, 0.29) is 5.69 Å². The summed E-state index contributed by atoms with van der Waals surface area (Å²) in [5.74, 6) is -0.493. The van der Waals surface area contributed by atoms with Crippen LogP contribution in [-0.4, -0.2) is 48.0 Å². The second-order valence-electron chi connectivity index (χ2n) is 7.53. The molecule has 2 heterocycles. The number of aromatic nitrogens is 1. The molecule has 0 radical (unpaired) electrons. The Labute approximate surface area is 168 Å². The van der Waals surface area contributed by atoms with Crippen LogP contribution in [0, 0.1) is 6.92 Å². The average molecular weight is 406 g/mol. The fourth-order valence-electron chi connectivity index (χ4n) is 3.33. The fraction of sp³-hybridized carbons (Fsp3) is 0.429. The zero-order chi connectivity index (χ0) is 21.2. The lowest BCUT2D eigenvalue weighted by Crippen LogP contribution is -2.49. The minimum atomic E-state index is -4.50. The summed E-state index contributed by atoms with van der Waals surface area (Å²) in [6.45, 7) is 8.83. The number of aryl methyl sites for hydroxylation is 1. The number of benzene rings is 1. The average Bonchev–Trinajstić information content (AvgIpc) is 2.67. The third-order valence-electron chi connectivity index (χ3n) is 5.09. The first-order chi connectivity index (χ1) is 13.6. The number of anilines is 2. The maximum atomic E-state index is 13.4. The Kier molecular flexibility index (Phi) is 6.12. The monoisotopic (exact) mass is 406 g/mol. The summed E-state index contributed by atoms with van der Waals surface area (Å²) in [4.78, 5) is 20.7. The van der Waals surface area contributed by atoms with Gasteiger partial charge in [0.05, 0.1) is 11.1 Å². The van der Waals surface area contributed by atoms with Crippen LogP contribution >= 0.6 is 0 Å². The zero-order valence-electron chi connectivity index (χ0n) is 16.8. The molecule has 0 spiro atoms. The highest BCUT2D eigenvalue weighted by Gasteiger charge is 2.32. The van der Waals surface area contributed by atoms with Crippen molar-refractivity contribution in [3.8, 4) is 0 Å². The highest BCUT2D eigenvalue weighted by Crippen LogP contribution is 2.35. The highest BCUT2D eigenvalue weighted by molar-refractivity contribution is 6.04. The molecule has 5 nitrogen and oxygen atoms in total. The van der Waals surface area contributed by atoms with Crippen molar-refractivity contribution >= 4 is 17.3 Å². The maximum absolute atomic E-state index is 13.4. The lowest BCUT2D eigenvalue weighted by molar-refractivity contribution is -0.137. The first-order valence-corrected chi connectivity index (χ1v) is 9.59. The molecule has 1 saturated heterocycles. The molecule has 0 bridgehead atoms. The molecule has 1 aromatic carbocycles. The van der Waals surface area contributed by atoms with Gasteiger partial charge in [0.2, 0.25) is 0 Å². The first kappa shape index (κ1) is 21.1. The third kappa shape index (κ3) is 5.26. The Morgan fingerprint density at radius 1 is 1.10 bits per heavy atom. The molecule has 1 N–H and O–H groups in total. The van der Waals surface area contributed by atoms with Gasteiger partial charge >= 0.3 is 6.18 Å².